The van der Waals surface area contributed by atoms with Crippen molar-refractivity contribution in [3.63, 3.8) is 0 Å². The maximum absolute atomic E-state index is 4.79. The van der Waals surface area contributed by atoms with E-state index in [-0.39, 0.29) is 0 Å². The zero-order chi connectivity index (χ0) is 16.7. The molecule has 3 nitrogen and oxygen atoms in total. The molecule has 1 N–H and O–H groups in total. The van der Waals surface area contributed by atoms with Crippen molar-refractivity contribution in [3.05, 3.63) is 39.8 Å². The van der Waals surface area contributed by atoms with Gasteiger partial charge in [-0.1, -0.05) is 17.8 Å². The predicted octanol–water partition coefficient (Wildman–Crippen LogP) is 5.65. The molecule has 4 rings (SSSR count). The minimum atomic E-state index is 0.840. The Bertz CT molecular complexity index is 915. The molecule has 0 bridgehead atoms. The van der Waals surface area contributed by atoms with Crippen molar-refractivity contribution in [2.24, 2.45) is 0 Å². The number of aromatic nitrogens is 2. The Morgan fingerprint density at radius 1 is 1.08 bits per heavy atom. The second kappa shape index (κ2) is 6.37. The summed E-state index contributed by atoms with van der Waals surface area (Å²) in [4.78, 5) is 12.2. The smallest absolute Gasteiger partial charge is 0.190 e. The molecule has 0 amide bonds. The zero-order valence-corrected chi connectivity index (χ0v) is 15.9. The lowest BCUT2D eigenvalue weighted by Crippen LogP contribution is -2.02. The third kappa shape index (κ3) is 2.80. The van der Waals surface area contributed by atoms with Crippen LogP contribution in [0.5, 0.6) is 0 Å². The van der Waals surface area contributed by atoms with Crippen molar-refractivity contribution in [1.82, 2.24) is 9.97 Å². The first-order valence-electron chi connectivity index (χ1n) is 8.36. The van der Waals surface area contributed by atoms with Crippen molar-refractivity contribution < 1.29 is 0 Å². The standard InChI is InChI=1S/C19H21N3S2/c1-11-8-9-13(10-12(11)2)20-17-16-14-6-4-5-7-15(14)24-18(16)22-19(21-17)23-3/h8-10H,4-7H2,1-3H3,(H,20,21,22). The first kappa shape index (κ1) is 15.9. The molecule has 0 unspecified atom stereocenters. The van der Waals surface area contributed by atoms with E-state index in [1.807, 2.05) is 17.6 Å². The van der Waals surface area contributed by atoms with Crippen LogP contribution in [0.2, 0.25) is 0 Å². The van der Waals surface area contributed by atoms with Gasteiger partial charge in [-0.25, -0.2) is 9.97 Å². The van der Waals surface area contributed by atoms with E-state index in [9.17, 15) is 0 Å². The maximum Gasteiger partial charge on any atom is 0.190 e. The normalized spacial score (nSPS) is 14.0. The number of benzene rings is 1. The molecular formula is C19H21N3S2. The molecule has 3 aromatic rings. The summed E-state index contributed by atoms with van der Waals surface area (Å²) in [5.74, 6) is 0.965. The Morgan fingerprint density at radius 3 is 2.71 bits per heavy atom. The van der Waals surface area contributed by atoms with Gasteiger partial charge in [0.1, 0.15) is 10.6 Å². The molecule has 0 atom stereocenters. The molecule has 0 spiro atoms. The van der Waals surface area contributed by atoms with E-state index in [1.54, 1.807) is 11.8 Å². The molecule has 1 aromatic carbocycles. The molecule has 0 fully saturated rings. The van der Waals surface area contributed by atoms with Crippen molar-refractivity contribution >= 4 is 44.8 Å². The molecular weight excluding hydrogens is 334 g/mol. The fraction of sp³-hybridized carbons (Fsp3) is 0.368. The fourth-order valence-electron chi connectivity index (χ4n) is 3.28. The van der Waals surface area contributed by atoms with Crippen molar-refractivity contribution in [3.8, 4) is 0 Å². The number of nitrogens with one attached hydrogen (secondary N) is 1. The Balaban J connectivity index is 1.85. The van der Waals surface area contributed by atoms with Crippen LogP contribution in [0.15, 0.2) is 23.4 Å². The number of anilines is 2. The topological polar surface area (TPSA) is 37.8 Å². The van der Waals surface area contributed by atoms with Crippen LogP contribution in [0.4, 0.5) is 11.5 Å². The van der Waals surface area contributed by atoms with Gasteiger partial charge in [0.2, 0.25) is 0 Å². The van der Waals surface area contributed by atoms with Crippen LogP contribution in [0, 0.1) is 13.8 Å². The molecule has 0 radical (unpaired) electrons. The van der Waals surface area contributed by atoms with Crippen molar-refractivity contribution in [2.75, 3.05) is 11.6 Å². The van der Waals surface area contributed by atoms with Crippen LogP contribution in [0.3, 0.4) is 0 Å². The number of hydrogen-bond acceptors (Lipinski definition) is 5. The lowest BCUT2D eigenvalue weighted by molar-refractivity contribution is 0.700. The SMILES string of the molecule is CSc1nc(Nc2ccc(C)c(C)c2)c2c3c(sc2n1)CCCC3. The maximum atomic E-state index is 4.79. The van der Waals surface area contributed by atoms with E-state index in [0.717, 1.165) is 27.9 Å². The molecule has 0 saturated heterocycles. The van der Waals surface area contributed by atoms with E-state index in [4.69, 9.17) is 9.97 Å². The molecule has 24 heavy (non-hydrogen) atoms. The summed E-state index contributed by atoms with van der Waals surface area (Å²) in [5.41, 5.74) is 5.18. The summed E-state index contributed by atoms with van der Waals surface area (Å²) in [6.07, 6.45) is 6.94. The van der Waals surface area contributed by atoms with E-state index in [2.05, 4.69) is 37.4 Å². The van der Waals surface area contributed by atoms with Gasteiger partial charge in [0.15, 0.2) is 5.16 Å². The third-order valence-corrected chi connectivity index (χ3v) is 6.48. The van der Waals surface area contributed by atoms with E-state index < -0.39 is 0 Å². The second-order valence-electron chi connectivity index (χ2n) is 6.37. The fourth-order valence-corrected chi connectivity index (χ4v) is 4.96. The summed E-state index contributed by atoms with van der Waals surface area (Å²) < 4.78 is 0. The average molecular weight is 356 g/mol. The minimum absolute atomic E-state index is 0.840. The lowest BCUT2D eigenvalue weighted by atomic mass is 9.97. The first-order valence-corrected chi connectivity index (χ1v) is 10.4. The van der Waals surface area contributed by atoms with Gasteiger partial charge in [-0.05, 0) is 74.6 Å². The monoisotopic (exact) mass is 355 g/mol. The lowest BCUT2D eigenvalue weighted by Gasteiger charge is -2.13. The zero-order valence-electron chi connectivity index (χ0n) is 14.3. The highest BCUT2D eigenvalue weighted by molar-refractivity contribution is 7.98. The van der Waals surface area contributed by atoms with E-state index in [0.29, 0.717) is 0 Å². The first-order chi connectivity index (χ1) is 11.7. The highest BCUT2D eigenvalue weighted by atomic mass is 32.2. The number of rotatable bonds is 3. The largest absolute Gasteiger partial charge is 0.340 e. The van der Waals surface area contributed by atoms with Gasteiger partial charge in [0.05, 0.1) is 5.39 Å². The molecule has 1 aliphatic carbocycles. The van der Waals surface area contributed by atoms with Gasteiger partial charge >= 0.3 is 0 Å². The van der Waals surface area contributed by atoms with Crippen LogP contribution < -0.4 is 5.32 Å². The molecule has 0 aliphatic heterocycles. The van der Waals surface area contributed by atoms with E-state index >= 15 is 0 Å². The number of thiophene rings is 1. The molecule has 2 aromatic heterocycles. The number of fused-ring (bicyclic) bond motifs is 3. The molecule has 0 saturated carbocycles. The summed E-state index contributed by atoms with van der Waals surface area (Å²) in [6, 6.07) is 6.49. The molecule has 1 aliphatic rings. The van der Waals surface area contributed by atoms with Gasteiger partial charge in [-0.2, -0.15) is 0 Å². The summed E-state index contributed by atoms with van der Waals surface area (Å²) in [6.45, 7) is 4.29. The summed E-state index contributed by atoms with van der Waals surface area (Å²) >= 11 is 3.46. The summed E-state index contributed by atoms with van der Waals surface area (Å²) in [5, 5.41) is 5.65. The number of nitrogens with zero attached hydrogens (tertiary/aromatic N) is 2. The number of hydrogen-bond donors (Lipinski definition) is 1. The van der Waals surface area contributed by atoms with Crippen LogP contribution in [-0.4, -0.2) is 16.2 Å². The molecule has 2 heterocycles. The number of thioether (sulfide) groups is 1. The molecule has 124 valence electrons. The Labute approximate surface area is 150 Å². The van der Waals surface area contributed by atoms with Crippen molar-refractivity contribution in [1.29, 1.82) is 0 Å². The highest BCUT2D eigenvalue weighted by Crippen LogP contribution is 2.40. The average Bonchev–Trinajstić information content (AvgIpc) is 2.96. The van der Waals surface area contributed by atoms with Gasteiger partial charge in [-0.15, -0.1) is 11.3 Å². The van der Waals surface area contributed by atoms with Gasteiger partial charge in [-0.3, -0.25) is 0 Å². The van der Waals surface area contributed by atoms with E-state index in [1.165, 1.54) is 46.2 Å². The van der Waals surface area contributed by atoms with Crippen LogP contribution in [0.1, 0.15) is 34.4 Å². The summed E-state index contributed by atoms with van der Waals surface area (Å²) in [7, 11) is 0. The minimum Gasteiger partial charge on any atom is -0.340 e. The van der Waals surface area contributed by atoms with Gasteiger partial charge in [0.25, 0.3) is 0 Å². The quantitative estimate of drug-likeness (QED) is 0.486. The molecule has 5 heteroatoms. The van der Waals surface area contributed by atoms with Crippen molar-refractivity contribution in [2.45, 2.75) is 44.7 Å². The Kier molecular flexibility index (Phi) is 4.22. The van der Waals surface area contributed by atoms with Crippen LogP contribution >= 0.6 is 23.1 Å². The highest BCUT2D eigenvalue weighted by Gasteiger charge is 2.21. The Morgan fingerprint density at radius 2 is 1.92 bits per heavy atom. The predicted molar refractivity (Wildman–Crippen MR) is 105 cm³/mol. The Hall–Kier alpha value is -1.59. The second-order valence-corrected chi connectivity index (χ2v) is 8.23. The van der Waals surface area contributed by atoms with Gasteiger partial charge in [0, 0.05) is 10.6 Å². The van der Waals surface area contributed by atoms with Crippen LogP contribution in [-0.2, 0) is 12.8 Å². The van der Waals surface area contributed by atoms with Crippen LogP contribution in [0.25, 0.3) is 10.2 Å². The van der Waals surface area contributed by atoms with Gasteiger partial charge < -0.3 is 5.32 Å². The number of aryl methyl sites for hydroxylation is 4. The third-order valence-electron chi connectivity index (χ3n) is 4.75.